The van der Waals surface area contributed by atoms with E-state index in [9.17, 15) is 14.4 Å². The highest BCUT2D eigenvalue weighted by atomic mass is 79.9. The second kappa shape index (κ2) is 12.4. The quantitative estimate of drug-likeness (QED) is 0.142. The predicted octanol–water partition coefficient (Wildman–Crippen LogP) is 3.78. The Bertz CT molecular complexity index is 1290. The largest absolute Gasteiger partial charge is 0.497 e. The van der Waals surface area contributed by atoms with Crippen molar-refractivity contribution in [1.82, 2.24) is 5.43 Å². The lowest BCUT2D eigenvalue weighted by Gasteiger charge is -2.11. The van der Waals surface area contributed by atoms with Crippen LogP contribution in [0.15, 0.2) is 70.2 Å². The van der Waals surface area contributed by atoms with Crippen LogP contribution in [0.25, 0.3) is 0 Å². The summed E-state index contributed by atoms with van der Waals surface area (Å²) in [5.74, 6) is -0.904. The Kier molecular flexibility index (Phi) is 9.01. The number of amides is 2. The molecule has 2 amide bonds. The number of benzene rings is 3. The number of hydrogen-bond donors (Lipinski definition) is 2. The first-order valence-electron chi connectivity index (χ1n) is 10.4. The van der Waals surface area contributed by atoms with Gasteiger partial charge in [0.1, 0.15) is 11.5 Å². The van der Waals surface area contributed by atoms with Gasteiger partial charge in [0.25, 0.3) is 0 Å². The lowest BCUT2D eigenvalue weighted by molar-refractivity contribution is -0.136. The van der Waals surface area contributed by atoms with Gasteiger partial charge < -0.3 is 24.3 Å². The maximum atomic E-state index is 12.7. The van der Waals surface area contributed by atoms with Crippen LogP contribution in [0.5, 0.6) is 23.0 Å². The molecular formula is C25H22BrN3O7. The summed E-state index contributed by atoms with van der Waals surface area (Å²) in [6.07, 6.45) is 1.25. The third-order valence-corrected chi connectivity index (χ3v) is 5.21. The van der Waals surface area contributed by atoms with Gasteiger partial charge in [0.05, 0.1) is 33.1 Å². The molecule has 3 aromatic rings. The number of hydrogen-bond acceptors (Lipinski definition) is 8. The number of carbonyl (C=O) groups excluding carboxylic acids is 3. The Morgan fingerprint density at radius 2 is 1.50 bits per heavy atom. The summed E-state index contributed by atoms with van der Waals surface area (Å²) in [4.78, 5) is 36.9. The summed E-state index contributed by atoms with van der Waals surface area (Å²) in [6, 6.07) is 16.0. The smallest absolute Gasteiger partial charge is 0.343 e. The van der Waals surface area contributed by atoms with E-state index in [4.69, 9.17) is 18.9 Å². The molecule has 0 fully saturated rings. The lowest BCUT2D eigenvalue weighted by atomic mass is 10.2. The molecule has 0 unspecified atom stereocenters. The Balaban J connectivity index is 1.67. The van der Waals surface area contributed by atoms with E-state index in [2.05, 4.69) is 31.8 Å². The third-order valence-electron chi connectivity index (χ3n) is 4.72. The summed E-state index contributed by atoms with van der Waals surface area (Å²) in [6.45, 7) is 0. The minimum absolute atomic E-state index is 0.179. The van der Waals surface area contributed by atoms with Gasteiger partial charge in [-0.05, 0) is 60.7 Å². The van der Waals surface area contributed by atoms with Crippen LogP contribution in [0.1, 0.15) is 15.9 Å². The molecule has 3 aromatic carbocycles. The van der Waals surface area contributed by atoms with Gasteiger partial charge in [0.15, 0.2) is 11.5 Å². The van der Waals surface area contributed by atoms with Gasteiger partial charge in [-0.15, -0.1) is 0 Å². The van der Waals surface area contributed by atoms with Crippen LogP contribution in [-0.4, -0.2) is 45.3 Å². The predicted molar refractivity (Wildman–Crippen MR) is 136 cm³/mol. The first-order valence-corrected chi connectivity index (χ1v) is 11.2. The number of nitrogens with one attached hydrogen (secondary N) is 2. The topological polar surface area (TPSA) is 125 Å². The number of methoxy groups -OCH3 is 3. The number of halogens is 1. The van der Waals surface area contributed by atoms with E-state index in [1.807, 2.05) is 0 Å². The standard InChI is InChI=1S/C25H22BrN3O7/c1-33-19-8-6-18(7-9-19)28-23(30)24(31)29-27-14-16-12-17(26)5-11-20(16)36-25(32)15-4-10-21(34-2)22(13-15)35-3/h4-14H,1-3H3,(H,28,30)(H,29,31)/b27-14+. The van der Waals surface area contributed by atoms with Crippen LogP contribution >= 0.6 is 15.9 Å². The second-order valence-corrected chi connectivity index (χ2v) is 7.94. The van der Waals surface area contributed by atoms with E-state index in [0.717, 1.165) is 0 Å². The zero-order valence-corrected chi connectivity index (χ0v) is 21.1. The molecule has 0 heterocycles. The SMILES string of the molecule is COc1ccc(NC(=O)C(=O)N/N=C/c2cc(Br)ccc2OC(=O)c2ccc(OC)c(OC)c2)cc1. The number of anilines is 1. The van der Waals surface area contributed by atoms with Crippen molar-refractivity contribution in [3.05, 3.63) is 76.3 Å². The van der Waals surface area contributed by atoms with Crippen molar-refractivity contribution in [2.45, 2.75) is 0 Å². The normalized spacial score (nSPS) is 10.4. The van der Waals surface area contributed by atoms with E-state index in [-0.39, 0.29) is 11.3 Å². The van der Waals surface area contributed by atoms with Crippen LogP contribution in [-0.2, 0) is 9.59 Å². The molecule has 0 saturated heterocycles. The van der Waals surface area contributed by atoms with Crippen molar-refractivity contribution in [2.24, 2.45) is 5.10 Å². The molecule has 3 rings (SSSR count). The van der Waals surface area contributed by atoms with Gasteiger partial charge in [0.2, 0.25) is 0 Å². The van der Waals surface area contributed by atoms with E-state index in [0.29, 0.717) is 33.0 Å². The van der Waals surface area contributed by atoms with Gasteiger partial charge in [-0.1, -0.05) is 15.9 Å². The molecule has 0 aliphatic rings. The Labute approximate surface area is 215 Å². The van der Waals surface area contributed by atoms with Gasteiger partial charge in [-0.3, -0.25) is 9.59 Å². The number of ether oxygens (including phenoxy) is 4. The van der Waals surface area contributed by atoms with Crippen LogP contribution < -0.4 is 29.7 Å². The average molecular weight is 556 g/mol. The van der Waals surface area contributed by atoms with Crippen molar-refractivity contribution < 1.29 is 33.3 Å². The highest BCUT2D eigenvalue weighted by Crippen LogP contribution is 2.29. The van der Waals surface area contributed by atoms with Crippen molar-refractivity contribution >= 4 is 45.6 Å². The van der Waals surface area contributed by atoms with Crippen LogP contribution in [0.2, 0.25) is 0 Å². The maximum absolute atomic E-state index is 12.7. The molecule has 0 radical (unpaired) electrons. The molecule has 0 aliphatic carbocycles. The van der Waals surface area contributed by atoms with Gasteiger partial charge in [0, 0.05) is 15.7 Å². The molecule has 11 heteroatoms. The minimum Gasteiger partial charge on any atom is -0.497 e. The monoisotopic (exact) mass is 555 g/mol. The number of hydrazone groups is 1. The molecule has 0 atom stereocenters. The number of esters is 1. The summed E-state index contributed by atoms with van der Waals surface area (Å²) < 4.78 is 21.6. The second-order valence-electron chi connectivity index (χ2n) is 7.02. The highest BCUT2D eigenvalue weighted by Gasteiger charge is 2.16. The molecule has 36 heavy (non-hydrogen) atoms. The summed E-state index contributed by atoms with van der Waals surface area (Å²) in [5, 5.41) is 6.26. The number of carbonyl (C=O) groups is 3. The van der Waals surface area contributed by atoms with Crippen molar-refractivity contribution in [2.75, 3.05) is 26.6 Å². The molecular weight excluding hydrogens is 534 g/mol. The Morgan fingerprint density at radius 3 is 2.17 bits per heavy atom. The Morgan fingerprint density at radius 1 is 0.806 bits per heavy atom. The van der Waals surface area contributed by atoms with Crippen molar-refractivity contribution in [3.8, 4) is 23.0 Å². The molecule has 2 N–H and O–H groups in total. The van der Waals surface area contributed by atoms with E-state index >= 15 is 0 Å². The first-order chi connectivity index (χ1) is 17.3. The van der Waals surface area contributed by atoms with Crippen LogP contribution in [0, 0.1) is 0 Å². The molecule has 0 saturated carbocycles. The fourth-order valence-corrected chi connectivity index (χ4v) is 3.29. The summed E-state index contributed by atoms with van der Waals surface area (Å²) >= 11 is 3.34. The molecule has 186 valence electrons. The van der Waals surface area contributed by atoms with E-state index in [1.54, 1.807) is 48.5 Å². The van der Waals surface area contributed by atoms with E-state index in [1.165, 1.54) is 39.7 Å². The number of rotatable bonds is 8. The molecule has 10 nitrogen and oxygen atoms in total. The third kappa shape index (κ3) is 6.83. The van der Waals surface area contributed by atoms with Crippen LogP contribution in [0.4, 0.5) is 5.69 Å². The van der Waals surface area contributed by atoms with Crippen molar-refractivity contribution in [1.29, 1.82) is 0 Å². The van der Waals surface area contributed by atoms with Gasteiger partial charge in [-0.25, -0.2) is 10.2 Å². The molecule has 0 aliphatic heterocycles. The minimum atomic E-state index is -0.985. The van der Waals surface area contributed by atoms with Crippen molar-refractivity contribution in [3.63, 3.8) is 0 Å². The summed E-state index contributed by atoms with van der Waals surface area (Å²) in [7, 11) is 4.47. The Hall–Kier alpha value is -4.38. The maximum Gasteiger partial charge on any atom is 0.343 e. The fourth-order valence-electron chi connectivity index (χ4n) is 2.91. The molecule has 0 spiro atoms. The van der Waals surface area contributed by atoms with Crippen LogP contribution in [0.3, 0.4) is 0 Å². The number of nitrogens with zero attached hydrogens (tertiary/aromatic N) is 1. The summed E-state index contributed by atoms with van der Waals surface area (Å²) in [5.41, 5.74) is 3.16. The zero-order chi connectivity index (χ0) is 26.1. The van der Waals surface area contributed by atoms with E-state index < -0.39 is 17.8 Å². The highest BCUT2D eigenvalue weighted by molar-refractivity contribution is 9.10. The van der Waals surface area contributed by atoms with Gasteiger partial charge in [-0.2, -0.15) is 5.10 Å². The molecule has 0 bridgehead atoms. The average Bonchev–Trinajstić information content (AvgIpc) is 2.89. The molecule has 0 aromatic heterocycles. The van der Waals surface area contributed by atoms with Gasteiger partial charge >= 0.3 is 17.8 Å². The zero-order valence-electron chi connectivity index (χ0n) is 19.5. The lowest BCUT2D eigenvalue weighted by Crippen LogP contribution is -2.32. The fraction of sp³-hybridized carbons (Fsp3) is 0.120. The first kappa shape index (κ1) is 26.2.